The molecule has 0 saturated carbocycles. The normalized spacial score (nSPS) is 10.3. The number of benzene rings is 1. The molecule has 1 N–H and O–H groups in total. The summed E-state index contributed by atoms with van der Waals surface area (Å²) in [5, 5.41) is 2.93. The van der Waals surface area contributed by atoms with Crippen molar-refractivity contribution in [3.8, 4) is 5.75 Å². The van der Waals surface area contributed by atoms with Crippen LogP contribution in [0.3, 0.4) is 0 Å². The molecule has 1 rings (SSSR count). The quantitative estimate of drug-likeness (QED) is 0.588. The molecule has 0 atom stereocenters. The first kappa shape index (κ1) is 15.9. The molecule has 0 aliphatic rings. The third kappa shape index (κ3) is 5.12. The zero-order valence-electron chi connectivity index (χ0n) is 11.7. The highest BCUT2D eigenvalue weighted by Gasteiger charge is 2.11. The molecule has 106 valence electrons. The van der Waals surface area contributed by atoms with E-state index in [1.54, 1.807) is 26.0 Å². The Labute approximate surface area is 118 Å². The van der Waals surface area contributed by atoms with E-state index in [-0.39, 0.29) is 5.91 Å². The molecule has 0 heterocycles. The van der Waals surface area contributed by atoms with E-state index in [0.29, 0.717) is 18.8 Å². The number of thioether (sulfide) groups is 1. The number of carbonyl (C=O) groups excluding carboxylic acids is 1. The molecule has 1 aromatic carbocycles. The number of para-hydroxylation sites is 1. The van der Waals surface area contributed by atoms with Crippen molar-refractivity contribution in [2.24, 2.45) is 0 Å². The lowest BCUT2D eigenvalue weighted by molar-refractivity contribution is -0.116. The van der Waals surface area contributed by atoms with E-state index in [9.17, 15) is 4.79 Å². The largest absolute Gasteiger partial charge is 0.495 e. The standard InChI is InChI=1S/C14H21NO3S/c1-17-10-5-4-9-13(16)15-14-11(18-2)7-6-8-12(14)19-3/h6-8H,4-5,9-10H2,1-3H3,(H,15,16). The van der Waals surface area contributed by atoms with Gasteiger partial charge in [0.05, 0.1) is 12.8 Å². The zero-order valence-corrected chi connectivity index (χ0v) is 12.5. The van der Waals surface area contributed by atoms with Gasteiger partial charge in [-0.1, -0.05) is 6.07 Å². The summed E-state index contributed by atoms with van der Waals surface area (Å²) >= 11 is 1.58. The number of ether oxygens (including phenoxy) is 2. The minimum absolute atomic E-state index is 0.0101. The van der Waals surface area contributed by atoms with Crippen molar-refractivity contribution in [2.45, 2.75) is 24.2 Å². The van der Waals surface area contributed by atoms with E-state index < -0.39 is 0 Å². The van der Waals surface area contributed by atoms with Crippen molar-refractivity contribution in [1.29, 1.82) is 0 Å². The Hall–Kier alpha value is -1.20. The molecule has 4 nitrogen and oxygen atoms in total. The Bertz CT molecular complexity index is 387. The van der Waals surface area contributed by atoms with E-state index in [0.717, 1.165) is 23.4 Å². The summed E-state index contributed by atoms with van der Waals surface area (Å²) in [7, 11) is 3.27. The summed E-state index contributed by atoms with van der Waals surface area (Å²) in [5.41, 5.74) is 0.759. The molecule has 0 aromatic heterocycles. The second-order valence-corrected chi connectivity index (χ2v) is 4.88. The van der Waals surface area contributed by atoms with Gasteiger partial charge in [0.2, 0.25) is 5.91 Å². The summed E-state index contributed by atoms with van der Waals surface area (Å²) in [6, 6.07) is 5.73. The van der Waals surface area contributed by atoms with E-state index in [4.69, 9.17) is 9.47 Å². The van der Waals surface area contributed by atoms with Gasteiger partial charge < -0.3 is 14.8 Å². The van der Waals surface area contributed by atoms with Crippen LogP contribution >= 0.6 is 11.8 Å². The Morgan fingerprint density at radius 2 is 2.11 bits per heavy atom. The minimum Gasteiger partial charge on any atom is -0.495 e. The van der Waals surface area contributed by atoms with Crippen LogP contribution in [0.25, 0.3) is 0 Å². The van der Waals surface area contributed by atoms with Gasteiger partial charge >= 0.3 is 0 Å². The van der Waals surface area contributed by atoms with Crippen molar-refractivity contribution in [3.05, 3.63) is 18.2 Å². The number of nitrogens with one attached hydrogen (secondary N) is 1. The van der Waals surface area contributed by atoms with Crippen LogP contribution in [0.4, 0.5) is 5.69 Å². The number of carbonyl (C=O) groups is 1. The van der Waals surface area contributed by atoms with Crippen LogP contribution < -0.4 is 10.1 Å². The predicted molar refractivity (Wildman–Crippen MR) is 79.1 cm³/mol. The van der Waals surface area contributed by atoms with Gasteiger partial charge in [-0.2, -0.15) is 0 Å². The fraction of sp³-hybridized carbons (Fsp3) is 0.500. The zero-order chi connectivity index (χ0) is 14.1. The van der Waals surface area contributed by atoms with Gasteiger partial charge in [-0.3, -0.25) is 4.79 Å². The average molecular weight is 283 g/mol. The monoisotopic (exact) mass is 283 g/mol. The smallest absolute Gasteiger partial charge is 0.224 e. The summed E-state index contributed by atoms with van der Waals surface area (Å²) in [6.45, 7) is 0.692. The lowest BCUT2D eigenvalue weighted by Crippen LogP contribution is -2.13. The number of unbranched alkanes of at least 4 members (excludes halogenated alkanes) is 1. The second-order valence-electron chi connectivity index (χ2n) is 4.04. The molecule has 0 fully saturated rings. The number of methoxy groups -OCH3 is 2. The van der Waals surface area contributed by atoms with Crippen LogP contribution in [0.5, 0.6) is 5.75 Å². The van der Waals surface area contributed by atoms with Gasteiger partial charge in [-0.25, -0.2) is 0 Å². The molecule has 0 spiro atoms. The van der Waals surface area contributed by atoms with Crippen LogP contribution in [-0.2, 0) is 9.53 Å². The number of anilines is 1. The third-order valence-electron chi connectivity index (χ3n) is 2.69. The van der Waals surface area contributed by atoms with Crippen molar-refractivity contribution < 1.29 is 14.3 Å². The maximum Gasteiger partial charge on any atom is 0.224 e. The van der Waals surface area contributed by atoms with Crippen LogP contribution in [0.1, 0.15) is 19.3 Å². The molecule has 0 unspecified atom stereocenters. The Kier molecular flexibility index (Phi) is 7.36. The summed E-state index contributed by atoms with van der Waals surface area (Å²) < 4.78 is 10.2. The number of rotatable bonds is 8. The van der Waals surface area contributed by atoms with Crippen LogP contribution in [-0.4, -0.2) is 33.0 Å². The molecule has 19 heavy (non-hydrogen) atoms. The molecule has 0 saturated heterocycles. The van der Waals surface area contributed by atoms with E-state index in [2.05, 4.69) is 5.32 Å². The van der Waals surface area contributed by atoms with Crippen LogP contribution in [0, 0.1) is 0 Å². The molecule has 1 amide bonds. The molecule has 0 aliphatic carbocycles. The molecule has 0 radical (unpaired) electrons. The van der Waals surface area contributed by atoms with Gasteiger partial charge in [-0.15, -0.1) is 11.8 Å². The fourth-order valence-corrected chi connectivity index (χ4v) is 2.28. The second kappa shape index (κ2) is 8.82. The van der Waals surface area contributed by atoms with Crippen molar-refractivity contribution >= 4 is 23.4 Å². The first-order valence-electron chi connectivity index (χ1n) is 6.22. The van der Waals surface area contributed by atoms with Crippen molar-refractivity contribution in [3.63, 3.8) is 0 Å². The SMILES string of the molecule is COCCCCC(=O)Nc1c(OC)cccc1SC. The molecule has 5 heteroatoms. The first-order chi connectivity index (χ1) is 9.22. The average Bonchev–Trinajstić information content (AvgIpc) is 2.43. The molecule has 0 bridgehead atoms. The minimum atomic E-state index is 0.0101. The molecule has 1 aromatic rings. The van der Waals surface area contributed by atoms with Gasteiger partial charge in [0.25, 0.3) is 0 Å². The molecular formula is C14H21NO3S. The molecular weight excluding hydrogens is 262 g/mol. The summed E-state index contributed by atoms with van der Waals surface area (Å²) in [4.78, 5) is 12.9. The van der Waals surface area contributed by atoms with Crippen molar-refractivity contribution in [1.82, 2.24) is 0 Å². The van der Waals surface area contributed by atoms with E-state index in [1.165, 1.54) is 0 Å². The number of hydrogen-bond acceptors (Lipinski definition) is 4. The van der Waals surface area contributed by atoms with Crippen LogP contribution in [0.2, 0.25) is 0 Å². The van der Waals surface area contributed by atoms with E-state index in [1.807, 2.05) is 24.5 Å². The summed E-state index contributed by atoms with van der Waals surface area (Å²) in [5.74, 6) is 0.702. The maximum absolute atomic E-state index is 11.9. The maximum atomic E-state index is 11.9. The van der Waals surface area contributed by atoms with Gasteiger partial charge in [0.15, 0.2) is 0 Å². The Morgan fingerprint density at radius 1 is 1.32 bits per heavy atom. The lowest BCUT2D eigenvalue weighted by Gasteiger charge is -2.13. The fourth-order valence-electron chi connectivity index (χ4n) is 1.71. The Morgan fingerprint density at radius 3 is 2.74 bits per heavy atom. The Balaban J connectivity index is 2.62. The van der Waals surface area contributed by atoms with Crippen LogP contribution in [0.15, 0.2) is 23.1 Å². The van der Waals surface area contributed by atoms with Gasteiger partial charge in [-0.05, 0) is 31.2 Å². The summed E-state index contributed by atoms with van der Waals surface area (Å²) in [6.07, 6.45) is 4.19. The highest BCUT2D eigenvalue weighted by atomic mass is 32.2. The highest BCUT2D eigenvalue weighted by Crippen LogP contribution is 2.34. The third-order valence-corrected chi connectivity index (χ3v) is 3.47. The van der Waals surface area contributed by atoms with E-state index >= 15 is 0 Å². The van der Waals surface area contributed by atoms with Gasteiger partial charge in [0, 0.05) is 25.0 Å². The first-order valence-corrected chi connectivity index (χ1v) is 7.45. The topological polar surface area (TPSA) is 47.6 Å². The predicted octanol–water partition coefficient (Wildman–Crippen LogP) is 3.17. The highest BCUT2D eigenvalue weighted by molar-refractivity contribution is 7.98. The number of hydrogen-bond donors (Lipinski definition) is 1. The molecule has 0 aliphatic heterocycles. The van der Waals surface area contributed by atoms with Crippen molar-refractivity contribution in [2.75, 3.05) is 32.4 Å². The lowest BCUT2D eigenvalue weighted by atomic mass is 10.2. The number of amides is 1. The van der Waals surface area contributed by atoms with Gasteiger partial charge in [0.1, 0.15) is 5.75 Å².